The molecular formula is C11H14ClN3O2. The number of hydrogen-bond donors (Lipinski definition) is 0. The first-order valence-electron chi connectivity index (χ1n) is 5.48. The van der Waals surface area contributed by atoms with E-state index < -0.39 is 0 Å². The largest absolute Gasteiger partial charge is 0.341 e. The fraction of sp³-hybridized carbons (Fsp3) is 0.545. The third-order valence-electron chi connectivity index (χ3n) is 2.95. The Morgan fingerprint density at radius 2 is 2.29 bits per heavy atom. The van der Waals surface area contributed by atoms with Crippen LogP contribution in [0.5, 0.6) is 0 Å². The number of aryl methyl sites for hydroxylation is 1. The lowest BCUT2D eigenvalue weighted by Gasteiger charge is -2.17. The number of carbonyl (C=O) groups is 1. The van der Waals surface area contributed by atoms with Crippen molar-refractivity contribution in [2.45, 2.75) is 32.4 Å². The molecule has 6 heteroatoms. The molecule has 0 N–H and O–H groups in total. The summed E-state index contributed by atoms with van der Waals surface area (Å²) in [5, 5.41) is 0.159. The summed E-state index contributed by atoms with van der Waals surface area (Å²) in [5.41, 5.74) is -0.292. The Kier molecular flexibility index (Phi) is 3.19. The van der Waals surface area contributed by atoms with Crippen molar-refractivity contribution in [2.24, 2.45) is 0 Å². The van der Waals surface area contributed by atoms with Gasteiger partial charge in [0.1, 0.15) is 17.5 Å². The number of rotatable bonds is 3. The Hall–Kier alpha value is -1.36. The minimum Gasteiger partial charge on any atom is -0.341 e. The highest BCUT2D eigenvalue weighted by atomic mass is 35.5. The molecule has 92 valence electrons. The molecule has 1 amide bonds. The van der Waals surface area contributed by atoms with E-state index in [1.165, 1.54) is 10.6 Å². The fourth-order valence-corrected chi connectivity index (χ4v) is 1.91. The van der Waals surface area contributed by atoms with Gasteiger partial charge in [-0.05, 0) is 19.8 Å². The van der Waals surface area contributed by atoms with Crippen molar-refractivity contribution >= 4 is 17.5 Å². The molecule has 0 atom stereocenters. The van der Waals surface area contributed by atoms with Crippen molar-refractivity contribution in [2.75, 3.05) is 7.05 Å². The lowest BCUT2D eigenvalue weighted by atomic mass is 10.4. The van der Waals surface area contributed by atoms with Crippen LogP contribution in [0.15, 0.2) is 10.9 Å². The van der Waals surface area contributed by atoms with Gasteiger partial charge in [-0.1, -0.05) is 11.6 Å². The topological polar surface area (TPSA) is 55.2 Å². The van der Waals surface area contributed by atoms with Crippen LogP contribution in [0.2, 0.25) is 5.15 Å². The van der Waals surface area contributed by atoms with Crippen molar-refractivity contribution in [3.8, 4) is 0 Å². The SMILES string of the molecule is Cc1nc(Cl)cc(=O)n1CC(=O)N(C)C1CC1. The van der Waals surface area contributed by atoms with Crippen LogP contribution in [0.3, 0.4) is 0 Å². The molecule has 0 aromatic carbocycles. The molecule has 1 aromatic rings. The maximum atomic E-state index is 11.9. The predicted molar refractivity (Wildman–Crippen MR) is 64.0 cm³/mol. The molecule has 0 aliphatic heterocycles. The normalized spacial score (nSPS) is 14.8. The molecule has 5 nitrogen and oxygen atoms in total. The van der Waals surface area contributed by atoms with Gasteiger partial charge in [0.15, 0.2) is 0 Å². The summed E-state index contributed by atoms with van der Waals surface area (Å²) >= 11 is 5.66. The Labute approximate surface area is 104 Å². The number of nitrogens with zero attached hydrogens (tertiary/aromatic N) is 3. The van der Waals surface area contributed by atoms with Crippen LogP contribution >= 0.6 is 11.6 Å². The van der Waals surface area contributed by atoms with Gasteiger partial charge in [0.2, 0.25) is 5.91 Å². The summed E-state index contributed by atoms with van der Waals surface area (Å²) in [6.45, 7) is 1.69. The first-order chi connectivity index (χ1) is 7.99. The van der Waals surface area contributed by atoms with E-state index in [0.29, 0.717) is 11.9 Å². The summed E-state index contributed by atoms with van der Waals surface area (Å²) in [4.78, 5) is 29.2. The number of amides is 1. The summed E-state index contributed by atoms with van der Waals surface area (Å²) in [6, 6.07) is 1.57. The van der Waals surface area contributed by atoms with E-state index in [4.69, 9.17) is 11.6 Å². The first-order valence-corrected chi connectivity index (χ1v) is 5.86. The summed E-state index contributed by atoms with van der Waals surface area (Å²) in [6.07, 6.45) is 2.10. The van der Waals surface area contributed by atoms with Crippen molar-refractivity contribution < 1.29 is 4.79 Å². The zero-order chi connectivity index (χ0) is 12.6. The van der Waals surface area contributed by atoms with Gasteiger partial charge in [-0.25, -0.2) is 4.98 Å². The molecule has 1 aliphatic rings. The minimum atomic E-state index is -0.292. The van der Waals surface area contributed by atoms with Gasteiger partial charge in [0.25, 0.3) is 5.56 Å². The number of carbonyl (C=O) groups excluding carboxylic acids is 1. The zero-order valence-corrected chi connectivity index (χ0v) is 10.6. The molecule has 0 unspecified atom stereocenters. The molecule has 0 spiro atoms. The van der Waals surface area contributed by atoms with Gasteiger partial charge in [0.05, 0.1) is 0 Å². The van der Waals surface area contributed by atoms with Crippen LogP contribution in [0.4, 0.5) is 0 Å². The van der Waals surface area contributed by atoms with E-state index in [1.807, 2.05) is 0 Å². The quantitative estimate of drug-likeness (QED) is 0.752. The summed E-state index contributed by atoms with van der Waals surface area (Å²) in [7, 11) is 1.77. The van der Waals surface area contributed by atoms with Crippen molar-refractivity contribution in [1.82, 2.24) is 14.5 Å². The van der Waals surface area contributed by atoms with Gasteiger partial charge in [0, 0.05) is 19.2 Å². The van der Waals surface area contributed by atoms with Crippen LogP contribution < -0.4 is 5.56 Å². The van der Waals surface area contributed by atoms with Crippen LogP contribution in [-0.2, 0) is 11.3 Å². The smallest absolute Gasteiger partial charge is 0.255 e. The van der Waals surface area contributed by atoms with Crippen LogP contribution in [0.25, 0.3) is 0 Å². The highest BCUT2D eigenvalue weighted by Gasteiger charge is 2.29. The Balaban J connectivity index is 2.18. The van der Waals surface area contributed by atoms with Crippen molar-refractivity contribution in [1.29, 1.82) is 0 Å². The van der Waals surface area contributed by atoms with E-state index in [2.05, 4.69) is 4.98 Å². The van der Waals surface area contributed by atoms with E-state index in [1.54, 1.807) is 18.9 Å². The standard InChI is InChI=1S/C11H14ClN3O2/c1-7-13-9(12)5-10(16)15(7)6-11(17)14(2)8-3-4-8/h5,8H,3-4,6H2,1-2H3. The predicted octanol–water partition coefficient (Wildman–Crippen LogP) is 0.826. The Morgan fingerprint density at radius 3 is 2.82 bits per heavy atom. The molecule has 1 heterocycles. The summed E-state index contributed by atoms with van der Waals surface area (Å²) in [5.74, 6) is 0.391. The average molecular weight is 256 g/mol. The van der Waals surface area contributed by atoms with Gasteiger partial charge < -0.3 is 4.90 Å². The molecule has 2 rings (SSSR count). The van der Waals surface area contributed by atoms with E-state index in [0.717, 1.165) is 12.8 Å². The Bertz CT molecular complexity index is 508. The second-order valence-corrected chi connectivity index (χ2v) is 4.67. The third kappa shape index (κ3) is 2.66. The molecule has 0 saturated heterocycles. The number of aromatic nitrogens is 2. The van der Waals surface area contributed by atoms with Crippen LogP contribution in [0, 0.1) is 6.92 Å². The van der Waals surface area contributed by atoms with Crippen LogP contribution in [0.1, 0.15) is 18.7 Å². The van der Waals surface area contributed by atoms with E-state index >= 15 is 0 Å². The molecule has 1 aliphatic carbocycles. The molecule has 1 aromatic heterocycles. The second kappa shape index (κ2) is 4.49. The summed E-state index contributed by atoms with van der Waals surface area (Å²) < 4.78 is 1.34. The molecule has 17 heavy (non-hydrogen) atoms. The molecular weight excluding hydrogens is 242 g/mol. The molecule has 0 radical (unpaired) electrons. The second-order valence-electron chi connectivity index (χ2n) is 4.29. The maximum absolute atomic E-state index is 11.9. The lowest BCUT2D eigenvalue weighted by molar-refractivity contribution is -0.131. The fourth-order valence-electron chi connectivity index (χ4n) is 1.69. The lowest BCUT2D eigenvalue weighted by Crippen LogP contribution is -2.36. The highest BCUT2D eigenvalue weighted by molar-refractivity contribution is 6.29. The van der Waals surface area contributed by atoms with E-state index in [-0.39, 0.29) is 23.2 Å². The number of hydrogen-bond acceptors (Lipinski definition) is 3. The molecule has 1 saturated carbocycles. The van der Waals surface area contributed by atoms with E-state index in [9.17, 15) is 9.59 Å². The van der Waals surface area contributed by atoms with Gasteiger partial charge in [-0.2, -0.15) is 0 Å². The van der Waals surface area contributed by atoms with Crippen molar-refractivity contribution in [3.63, 3.8) is 0 Å². The molecule has 1 fully saturated rings. The zero-order valence-electron chi connectivity index (χ0n) is 9.81. The van der Waals surface area contributed by atoms with Crippen LogP contribution in [-0.4, -0.2) is 33.4 Å². The minimum absolute atomic E-state index is 0.0296. The first kappa shape index (κ1) is 12.1. The third-order valence-corrected chi connectivity index (χ3v) is 3.14. The van der Waals surface area contributed by atoms with Crippen molar-refractivity contribution in [3.05, 3.63) is 27.4 Å². The van der Waals surface area contributed by atoms with Gasteiger partial charge in [-0.15, -0.1) is 0 Å². The Morgan fingerprint density at radius 1 is 1.65 bits per heavy atom. The highest BCUT2D eigenvalue weighted by Crippen LogP contribution is 2.25. The van der Waals surface area contributed by atoms with Gasteiger partial charge >= 0.3 is 0 Å². The van der Waals surface area contributed by atoms with Gasteiger partial charge in [-0.3, -0.25) is 14.2 Å². The monoisotopic (exact) mass is 255 g/mol. The number of likely N-dealkylation sites (N-methyl/N-ethyl adjacent to an activating group) is 1. The maximum Gasteiger partial charge on any atom is 0.255 e. The number of halogens is 1. The average Bonchev–Trinajstić information content (AvgIpc) is 3.05. The molecule has 0 bridgehead atoms.